The second-order valence-corrected chi connectivity index (χ2v) is 5.76. The molecule has 1 aliphatic heterocycles. The number of halogens is 1. The third-order valence-corrected chi connectivity index (χ3v) is 4.56. The van der Waals surface area contributed by atoms with E-state index in [-0.39, 0.29) is 0 Å². The first-order chi connectivity index (χ1) is 7.75. The molecular weight excluding hydrogens is 286 g/mol. The Hall–Kier alpha value is -0.810. The molecule has 84 valence electrons. The maximum atomic E-state index is 4.68. The van der Waals surface area contributed by atoms with Gasteiger partial charge in [-0.15, -0.1) is 11.3 Å². The highest BCUT2D eigenvalue weighted by Crippen LogP contribution is 2.33. The molecule has 0 saturated carbocycles. The Labute approximate surface area is 107 Å². The summed E-state index contributed by atoms with van der Waals surface area (Å²) in [5, 5.41) is 5.44. The summed E-state index contributed by atoms with van der Waals surface area (Å²) in [7, 11) is 0. The molecule has 0 unspecified atom stereocenters. The second-order valence-electron chi connectivity index (χ2n) is 3.93. The molecule has 2 aromatic rings. The minimum Gasteiger partial charge on any atom is -0.356 e. The Morgan fingerprint density at radius 1 is 1.56 bits per heavy atom. The number of nitrogens with zero attached hydrogens (tertiary/aromatic N) is 2. The number of rotatable bonds is 1. The molecule has 0 saturated heterocycles. The van der Waals surface area contributed by atoms with E-state index < -0.39 is 0 Å². The van der Waals surface area contributed by atoms with Gasteiger partial charge in [-0.3, -0.25) is 0 Å². The van der Waals surface area contributed by atoms with Gasteiger partial charge in [0.05, 0.1) is 4.88 Å². The maximum absolute atomic E-state index is 4.68. The van der Waals surface area contributed by atoms with Crippen molar-refractivity contribution in [3.8, 4) is 10.6 Å². The fraction of sp³-hybridized carbons (Fsp3) is 0.364. The number of thiophene rings is 1. The van der Waals surface area contributed by atoms with Crippen molar-refractivity contribution in [1.82, 2.24) is 9.55 Å². The van der Waals surface area contributed by atoms with Gasteiger partial charge in [-0.05, 0) is 35.3 Å². The van der Waals surface area contributed by atoms with Gasteiger partial charge in [0.1, 0.15) is 5.69 Å². The summed E-state index contributed by atoms with van der Waals surface area (Å²) < 4.78 is 3.40. The molecule has 3 rings (SSSR count). The van der Waals surface area contributed by atoms with E-state index in [2.05, 4.69) is 49.2 Å². The van der Waals surface area contributed by atoms with Crippen LogP contribution >= 0.6 is 27.3 Å². The van der Waals surface area contributed by atoms with Crippen molar-refractivity contribution in [2.45, 2.75) is 19.9 Å². The highest BCUT2D eigenvalue weighted by molar-refractivity contribution is 9.10. The lowest BCUT2D eigenvalue weighted by Crippen LogP contribution is -2.17. The smallest absolute Gasteiger partial charge is 0.203 e. The number of hydrogen-bond donors (Lipinski definition) is 1. The molecule has 0 amide bonds. The largest absolute Gasteiger partial charge is 0.356 e. The minimum atomic E-state index is 1.02. The molecule has 0 fully saturated rings. The SMILES string of the molecule is Cc1c(-c2cc(Br)cs2)nc2n1CCCN2. The first kappa shape index (κ1) is 10.4. The van der Waals surface area contributed by atoms with Crippen LogP contribution in [0.2, 0.25) is 0 Å². The quantitative estimate of drug-likeness (QED) is 0.873. The number of nitrogens with one attached hydrogen (secondary N) is 1. The fourth-order valence-electron chi connectivity index (χ4n) is 2.05. The summed E-state index contributed by atoms with van der Waals surface area (Å²) in [5.74, 6) is 1.02. The number of anilines is 1. The lowest BCUT2D eigenvalue weighted by atomic mass is 10.3. The van der Waals surface area contributed by atoms with Crippen molar-refractivity contribution < 1.29 is 0 Å². The standard InChI is InChI=1S/C11H12BrN3S/c1-7-10(9-5-8(12)6-16-9)14-11-13-3-2-4-15(7)11/h5-6H,2-4H2,1H3,(H,13,14). The summed E-state index contributed by atoms with van der Waals surface area (Å²) in [6.07, 6.45) is 1.18. The Bertz CT molecular complexity index is 529. The van der Waals surface area contributed by atoms with E-state index in [1.54, 1.807) is 11.3 Å². The van der Waals surface area contributed by atoms with E-state index in [0.29, 0.717) is 0 Å². The molecule has 1 aliphatic rings. The van der Waals surface area contributed by atoms with Crippen LogP contribution in [0.15, 0.2) is 15.9 Å². The molecule has 5 heteroatoms. The molecule has 2 aromatic heterocycles. The lowest BCUT2D eigenvalue weighted by Gasteiger charge is -2.16. The molecule has 16 heavy (non-hydrogen) atoms. The van der Waals surface area contributed by atoms with Crippen molar-refractivity contribution in [2.75, 3.05) is 11.9 Å². The summed E-state index contributed by atoms with van der Waals surface area (Å²) in [4.78, 5) is 5.91. The molecule has 0 aliphatic carbocycles. The Morgan fingerprint density at radius 3 is 3.12 bits per heavy atom. The topological polar surface area (TPSA) is 29.9 Å². The Balaban J connectivity index is 2.11. The molecule has 3 heterocycles. The van der Waals surface area contributed by atoms with Crippen LogP contribution in [-0.4, -0.2) is 16.1 Å². The van der Waals surface area contributed by atoms with Gasteiger partial charge >= 0.3 is 0 Å². The zero-order valence-corrected chi connectivity index (χ0v) is 11.4. The van der Waals surface area contributed by atoms with Crippen LogP contribution < -0.4 is 5.32 Å². The fourth-order valence-corrected chi connectivity index (χ4v) is 3.52. The van der Waals surface area contributed by atoms with Crippen molar-refractivity contribution >= 4 is 33.2 Å². The molecule has 0 bridgehead atoms. The number of fused-ring (bicyclic) bond motifs is 1. The monoisotopic (exact) mass is 297 g/mol. The second kappa shape index (κ2) is 3.89. The van der Waals surface area contributed by atoms with Crippen LogP contribution in [0.5, 0.6) is 0 Å². The minimum absolute atomic E-state index is 1.02. The van der Waals surface area contributed by atoms with Crippen molar-refractivity contribution in [1.29, 1.82) is 0 Å². The zero-order valence-electron chi connectivity index (χ0n) is 8.96. The third kappa shape index (κ3) is 1.58. The summed E-state index contributed by atoms with van der Waals surface area (Å²) >= 11 is 5.22. The molecule has 0 spiro atoms. The third-order valence-electron chi connectivity index (χ3n) is 2.86. The van der Waals surface area contributed by atoms with Crippen molar-refractivity contribution in [3.05, 3.63) is 21.6 Å². The summed E-state index contributed by atoms with van der Waals surface area (Å²) in [6, 6.07) is 2.13. The van der Waals surface area contributed by atoms with Gasteiger partial charge in [0, 0.05) is 28.6 Å². The summed E-state index contributed by atoms with van der Waals surface area (Å²) in [6.45, 7) is 4.25. The average Bonchev–Trinajstić information content (AvgIpc) is 2.84. The number of hydrogen-bond acceptors (Lipinski definition) is 3. The van der Waals surface area contributed by atoms with E-state index in [0.717, 1.165) is 29.2 Å². The first-order valence-electron chi connectivity index (χ1n) is 5.31. The van der Waals surface area contributed by atoms with Crippen LogP contribution in [0.1, 0.15) is 12.1 Å². The first-order valence-corrected chi connectivity index (χ1v) is 6.98. The van der Waals surface area contributed by atoms with Gasteiger partial charge < -0.3 is 9.88 Å². The van der Waals surface area contributed by atoms with Gasteiger partial charge in [0.2, 0.25) is 5.95 Å². The molecule has 3 nitrogen and oxygen atoms in total. The van der Waals surface area contributed by atoms with Crippen LogP contribution in [0, 0.1) is 6.92 Å². The lowest BCUT2D eigenvalue weighted by molar-refractivity contribution is 0.615. The molecule has 1 N–H and O–H groups in total. The van der Waals surface area contributed by atoms with Crippen LogP contribution in [-0.2, 0) is 6.54 Å². The Kier molecular flexibility index (Phi) is 2.52. The van der Waals surface area contributed by atoms with E-state index in [4.69, 9.17) is 0 Å². The van der Waals surface area contributed by atoms with Gasteiger partial charge in [0.15, 0.2) is 0 Å². The molecule has 0 aromatic carbocycles. The molecule has 0 radical (unpaired) electrons. The van der Waals surface area contributed by atoms with Crippen LogP contribution in [0.3, 0.4) is 0 Å². The predicted molar refractivity (Wildman–Crippen MR) is 71.1 cm³/mol. The number of imidazole rings is 1. The van der Waals surface area contributed by atoms with E-state index in [1.807, 2.05) is 0 Å². The van der Waals surface area contributed by atoms with Crippen LogP contribution in [0.4, 0.5) is 5.95 Å². The van der Waals surface area contributed by atoms with Crippen molar-refractivity contribution in [2.24, 2.45) is 0 Å². The predicted octanol–water partition coefficient (Wildman–Crippen LogP) is 3.50. The zero-order chi connectivity index (χ0) is 11.1. The van der Waals surface area contributed by atoms with Gasteiger partial charge in [-0.25, -0.2) is 4.98 Å². The van der Waals surface area contributed by atoms with Crippen LogP contribution in [0.25, 0.3) is 10.6 Å². The van der Waals surface area contributed by atoms with Gasteiger partial charge in [-0.1, -0.05) is 0 Å². The molecule has 0 atom stereocenters. The average molecular weight is 298 g/mol. The molecular formula is C11H12BrN3S. The van der Waals surface area contributed by atoms with E-state index >= 15 is 0 Å². The van der Waals surface area contributed by atoms with E-state index in [1.165, 1.54) is 17.0 Å². The Morgan fingerprint density at radius 2 is 2.44 bits per heavy atom. The van der Waals surface area contributed by atoms with Crippen molar-refractivity contribution in [3.63, 3.8) is 0 Å². The summed E-state index contributed by atoms with van der Waals surface area (Å²) in [5.41, 5.74) is 2.37. The maximum Gasteiger partial charge on any atom is 0.203 e. The van der Waals surface area contributed by atoms with Gasteiger partial charge in [-0.2, -0.15) is 0 Å². The highest BCUT2D eigenvalue weighted by atomic mass is 79.9. The van der Waals surface area contributed by atoms with Gasteiger partial charge in [0.25, 0.3) is 0 Å². The highest BCUT2D eigenvalue weighted by Gasteiger charge is 2.18. The van der Waals surface area contributed by atoms with E-state index in [9.17, 15) is 0 Å². The normalized spacial score (nSPS) is 14.6. The number of aromatic nitrogens is 2.